The Morgan fingerprint density at radius 2 is 1.72 bits per heavy atom. The van der Waals surface area contributed by atoms with E-state index in [-0.39, 0.29) is 11.4 Å². The molecule has 5 heteroatoms. The standard InChI is InChI=1S/C24H34N4O/c1-18-16-20(24(3,4)5)17-19(2)21(18)9-11-26-23(29)28-14-12-27(13-15-28)22-8-6-7-10-25-22/h6-8,10,16-17H,9,11-15H2,1-5H3,(H,26,29). The van der Waals surface area contributed by atoms with Gasteiger partial charge in [-0.05, 0) is 60.1 Å². The van der Waals surface area contributed by atoms with Crippen molar-refractivity contribution in [1.82, 2.24) is 15.2 Å². The van der Waals surface area contributed by atoms with Crippen LogP contribution in [0.4, 0.5) is 10.6 Å². The van der Waals surface area contributed by atoms with Gasteiger partial charge in [-0.2, -0.15) is 0 Å². The van der Waals surface area contributed by atoms with Crippen molar-refractivity contribution in [3.05, 3.63) is 58.8 Å². The molecule has 5 nitrogen and oxygen atoms in total. The lowest BCUT2D eigenvalue weighted by atomic mass is 9.83. The van der Waals surface area contributed by atoms with Gasteiger partial charge in [-0.1, -0.05) is 39.0 Å². The van der Waals surface area contributed by atoms with Gasteiger partial charge in [-0.25, -0.2) is 9.78 Å². The highest BCUT2D eigenvalue weighted by Gasteiger charge is 2.22. The Balaban J connectivity index is 1.49. The van der Waals surface area contributed by atoms with Gasteiger partial charge in [0.1, 0.15) is 5.82 Å². The molecule has 29 heavy (non-hydrogen) atoms. The Labute approximate surface area is 175 Å². The smallest absolute Gasteiger partial charge is 0.317 e. The van der Waals surface area contributed by atoms with Crippen molar-refractivity contribution in [2.24, 2.45) is 0 Å². The predicted molar refractivity (Wildman–Crippen MR) is 120 cm³/mol. The summed E-state index contributed by atoms with van der Waals surface area (Å²) in [6, 6.07) is 10.6. The zero-order valence-corrected chi connectivity index (χ0v) is 18.5. The molecule has 2 amide bonds. The molecule has 1 aromatic heterocycles. The van der Waals surface area contributed by atoms with Crippen molar-refractivity contribution in [3.63, 3.8) is 0 Å². The molecule has 1 aliphatic rings. The third-order valence-electron chi connectivity index (χ3n) is 5.75. The minimum atomic E-state index is 0.0345. The van der Waals surface area contributed by atoms with E-state index in [1.807, 2.05) is 29.3 Å². The first-order valence-corrected chi connectivity index (χ1v) is 10.5. The van der Waals surface area contributed by atoms with Crippen LogP contribution in [-0.2, 0) is 11.8 Å². The third kappa shape index (κ3) is 5.28. The third-order valence-corrected chi connectivity index (χ3v) is 5.75. The number of benzene rings is 1. The summed E-state index contributed by atoms with van der Waals surface area (Å²) in [4.78, 5) is 21.1. The van der Waals surface area contributed by atoms with Gasteiger partial charge in [0.15, 0.2) is 0 Å². The average molecular weight is 395 g/mol. The molecular formula is C24H34N4O. The molecule has 1 saturated heterocycles. The lowest BCUT2D eigenvalue weighted by molar-refractivity contribution is 0.194. The molecule has 0 saturated carbocycles. The van der Waals surface area contributed by atoms with Crippen molar-refractivity contribution in [2.75, 3.05) is 37.6 Å². The van der Waals surface area contributed by atoms with Crippen LogP contribution in [0.5, 0.6) is 0 Å². The number of nitrogens with one attached hydrogen (secondary N) is 1. The molecule has 1 aliphatic heterocycles. The monoisotopic (exact) mass is 394 g/mol. The summed E-state index contributed by atoms with van der Waals surface area (Å²) in [5.74, 6) is 0.984. The van der Waals surface area contributed by atoms with E-state index in [9.17, 15) is 4.79 Å². The normalized spacial score (nSPS) is 14.8. The highest BCUT2D eigenvalue weighted by atomic mass is 16.2. The van der Waals surface area contributed by atoms with E-state index in [4.69, 9.17) is 0 Å². The fourth-order valence-corrected chi connectivity index (χ4v) is 3.91. The number of pyridine rings is 1. The predicted octanol–water partition coefficient (Wildman–Crippen LogP) is 4.07. The molecular weight excluding hydrogens is 360 g/mol. The van der Waals surface area contributed by atoms with E-state index in [2.05, 4.69) is 62.0 Å². The second kappa shape index (κ2) is 8.85. The Morgan fingerprint density at radius 1 is 1.07 bits per heavy atom. The quantitative estimate of drug-likeness (QED) is 0.850. The number of carbonyl (C=O) groups excluding carboxylic acids is 1. The van der Waals surface area contributed by atoms with E-state index in [1.165, 1.54) is 22.3 Å². The Morgan fingerprint density at radius 3 is 2.28 bits per heavy atom. The molecule has 0 radical (unpaired) electrons. The molecule has 0 bridgehead atoms. The summed E-state index contributed by atoms with van der Waals surface area (Å²) in [5.41, 5.74) is 5.49. The van der Waals surface area contributed by atoms with Crippen LogP contribution >= 0.6 is 0 Å². The first kappa shape index (κ1) is 21.2. The number of carbonyl (C=O) groups is 1. The Hall–Kier alpha value is -2.56. The van der Waals surface area contributed by atoms with Crippen LogP contribution in [0.25, 0.3) is 0 Å². The van der Waals surface area contributed by atoms with Crippen LogP contribution in [0.2, 0.25) is 0 Å². The number of aromatic nitrogens is 1. The molecule has 156 valence electrons. The summed E-state index contributed by atoms with van der Waals surface area (Å²) in [5, 5.41) is 3.11. The maximum atomic E-state index is 12.6. The van der Waals surface area contributed by atoms with Crippen molar-refractivity contribution in [1.29, 1.82) is 0 Å². The van der Waals surface area contributed by atoms with Crippen molar-refractivity contribution >= 4 is 11.8 Å². The average Bonchev–Trinajstić information content (AvgIpc) is 2.70. The Bertz CT molecular complexity index is 811. The molecule has 1 N–H and O–H groups in total. The molecule has 2 aromatic rings. The van der Waals surface area contributed by atoms with Gasteiger partial charge in [0.25, 0.3) is 0 Å². The maximum absolute atomic E-state index is 12.6. The summed E-state index contributed by atoms with van der Waals surface area (Å²) in [6.07, 6.45) is 2.67. The Kier molecular flexibility index (Phi) is 6.46. The summed E-state index contributed by atoms with van der Waals surface area (Å²) in [7, 11) is 0. The number of rotatable bonds is 4. The number of urea groups is 1. The lowest BCUT2D eigenvalue weighted by Gasteiger charge is -2.35. The van der Waals surface area contributed by atoms with Gasteiger partial charge in [0, 0.05) is 38.9 Å². The molecule has 1 fully saturated rings. The van der Waals surface area contributed by atoms with Gasteiger partial charge in [-0.15, -0.1) is 0 Å². The number of amides is 2. The van der Waals surface area contributed by atoms with Crippen molar-refractivity contribution < 1.29 is 4.79 Å². The van der Waals surface area contributed by atoms with Gasteiger partial charge in [0.05, 0.1) is 0 Å². The molecule has 3 rings (SSSR count). The van der Waals surface area contributed by atoms with E-state index >= 15 is 0 Å². The van der Waals surface area contributed by atoms with E-state index in [1.54, 1.807) is 0 Å². The zero-order valence-electron chi connectivity index (χ0n) is 18.5. The van der Waals surface area contributed by atoms with Crippen LogP contribution < -0.4 is 10.2 Å². The van der Waals surface area contributed by atoms with Crippen LogP contribution in [0.1, 0.15) is 43.0 Å². The van der Waals surface area contributed by atoms with E-state index < -0.39 is 0 Å². The first-order chi connectivity index (χ1) is 13.8. The van der Waals surface area contributed by atoms with Crippen molar-refractivity contribution in [3.8, 4) is 0 Å². The molecule has 0 aliphatic carbocycles. The summed E-state index contributed by atoms with van der Waals surface area (Å²) < 4.78 is 0. The molecule has 0 spiro atoms. The van der Waals surface area contributed by atoms with Gasteiger partial charge in [-0.3, -0.25) is 0 Å². The zero-order chi connectivity index (χ0) is 21.0. The minimum absolute atomic E-state index is 0.0345. The van der Waals surface area contributed by atoms with E-state index in [0.29, 0.717) is 6.54 Å². The topological polar surface area (TPSA) is 48.5 Å². The summed E-state index contributed by atoms with van der Waals surface area (Å²) >= 11 is 0. The van der Waals surface area contributed by atoms with Crippen LogP contribution in [-0.4, -0.2) is 48.6 Å². The van der Waals surface area contributed by atoms with Gasteiger partial charge in [0.2, 0.25) is 0 Å². The number of hydrogen-bond acceptors (Lipinski definition) is 3. The number of nitrogens with zero attached hydrogens (tertiary/aromatic N) is 3. The van der Waals surface area contributed by atoms with Gasteiger partial charge < -0.3 is 15.1 Å². The van der Waals surface area contributed by atoms with Crippen molar-refractivity contribution in [2.45, 2.75) is 46.5 Å². The van der Waals surface area contributed by atoms with Crippen LogP contribution in [0, 0.1) is 13.8 Å². The van der Waals surface area contributed by atoms with Crippen LogP contribution in [0.15, 0.2) is 36.5 Å². The van der Waals surface area contributed by atoms with Gasteiger partial charge >= 0.3 is 6.03 Å². The number of piperazine rings is 1. The number of anilines is 1. The SMILES string of the molecule is Cc1cc(C(C)(C)C)cc(C)c1CCNC(=O)N1CCN(c2ccccn2)CC1. The molecule has 2 heterocycles. The first-order valence-electron chi connectivity index (χ1n) is 10.5. The molecule has 0 atom stereocenters. The molecule has 1 aromatic carbocycles. The largest absolute Gasteiger partial charge is 0.353 e. The highest BCUT2D eigenvalue weighted by molar-refractivity contribution is 5.74. The molecule has 0 unspecified atom stereocenters. The van der Waals surface area contributed by atoms with E-state index in [0.717, 1.165) is 38.4 Å². The second-order valence-electron chi connectivity index (χ2n) is 8.98. The number of aryl methyl sites for hydroxylation is 2. The second-order valence-corrected chi connectivity index (χ2v) is 8.98. The lowest BCUT2D eigenvalue weighted by Crippen LogP contribution is -2.52. The number of hydrogen-bond donors (Lipinski definition) is 1. The fraction of sp³-hybridized carbons (Fsp3) is 0.500. The fourth-order valence-electron chi connectivity index (χ4n) is 3.91. The maximum Gasteiger partial charge on any atom is 0.317 e. The van der Waals surface area contributed by atoms with Crippen LogP contribution in [0.3, 0.4) is 0 Å². The summed E-state index contributed by atoms with van der Waals surface area (Å²) in [6.45, 7) is 14.8. The highest BCUT2D eigenvalue weighted by Crippen LogP contribution is 2.27. The minimum Gasteiger partial charge on any atom is -0.353 e.